The predicted molar refractivity (Wildman–Crippen MR) is 92.9 cm³/mol. The Bertz CT molecular complexity index is 796. The molecule has 0 atom stereocenters. The predicted octanol–water partition coefficient (Wildman–Crippen LogP) is 3.41. The Kier molecular flexibility index (Phi) is 5.98. The van der Waals surface area contributed by atoms with E-state index in [1.807, 2.05) is 0 Å². The summed E-state index contributed by atoms with van der Waals surface area (Å²) in [7, 11) is 2.94. The Morgan fingerprint density at radius 2 is 1.84 bits per heavy atom. The summed E-state index contributed by atoms with van der Waals surface area (Å²) in [6.45, 7) is 3.04. The lowest BCUT2D eigenvalue weighted by molar-refractivity contribution is 0.0473. The van der Waals surface area contributed by atoms with Crippen LogP contribution in [0.3, 0.4) is 0 Å². The number of hydrogen-bond donors (Lipinski definition) is 0. The summed E-state index contributed by atoms with van der Waals surface area (Å²) in [5, 5.41) is 0.0499. The molecule has 1 aromatic carbocycles. The number of esters is 1. The number of carbonyl (C=O) groups excluding carboxylic acids is 2. The molecule has 2 aromatic rings. The lowest BCUT2D eigenvalue weighted by atomic mass is 10.1. The first kappa shape index (κ1) is 18.7. The quantitative estimate of drug-likeness (QED) is 0.445. The average molecular weight is 364 g/mol. The van der Waals surface area contributed by atoms with Crippen LogP contribution < -0.4 is 9.47 Å². The van der Waals surface area contributed by atoms with Crippen LogP contribution in [0.1, 0.15) is 32.0 Å². The van der Waals surface area contributed by atoms with Gasteiger partial charge in [-0.1, -0.05) is 11.6 Å². The molecule has 0 radical (unpaired) electrons. The minimum Gasteiger partial charge on any atom is -0.497 e. The number of nitrogens with zero attached hydrogens (tertiary/aromatic N) is 1. The largest absolute Gasteiger partial charge is 0.497 e. The maximum Gasteiger partial charge on any atom is 0.342 e. The van der Waals surface area contributed by atoms with Crippen molar-refractivity contribution in [3.05, 3.63) is 51.8 Å². The van der Waals surface area contributed by atoms with Crippen LogP contribution >= 0.6 is 11.6 Å². The van der Waals surface area contributed by atoms with E-state index in [9.17, 15) is 9.59 Å². The monoisotopic (exact) mass is 363 g/mol. The number of hydrogen-bond acceptors (Lipinski definition) is 6. The third-order valence-electron chi connectivity index (χ3n) is 3.55. The average Bonchev–Trinajstić information content (AvgIpc) is 2.58. The van der Waals surface area contributed by atoms with Gasteiger partial charge in [-0.15, -0.1) is 0 Å². The summed E-state index contributed by atoms with van der Waals surface area (Å²) in [5.74, 6) is -0.256. The fraction of sp³-hybridized carbons (Fsp3) is 0.278. The van der Waals surface area contributed by atoms with E-state index in [1.54, 1.807) is 32.0 Å². The molecule has 132 valence electrons. The number of aromatic nitrogens is 1. The van der Waals surface area contributed by atoms with E-state index in [2.05, 4.69) is 4.98 Å². The molecule has 0 aliphatic rings. The molecule has 0 N–H and O–H groups in total. The van der Waals surface area contributed by atoms with E-state index >= 15 is 0 Å². The van der Waals surface area contributed by atoms with Crippen LogP contribution in [0.25, 0.3) is 0 Å². The van der Waals surface area contributed by atoms with Crippen LogP contribution in [-0.2, 0) is 4.74 Å². The summed E-state index contributed by atoms with van der Waals surface area (Å²) >= 11 is 6.02. The second-order valence-electron chi connectivity index (χ2n) is 5.31. The number of carbonyl (C=O) groups is 2. The van der Waals surface area contributed by atoms with Crippen LogP contribution in [-0.4, -0.2) is 37.6 Å². The minimum atomic E-state index is -0.704. The summed E-state index contributed by atoms with van der Waals surface area (Å²) in [6, 6.07) is 6.53. The highest BCUT2D eigenvalue weighted by atomic mass is 35.5. The summed E-state index contributed by atoms with van der Waals surface area (Å²) in [6.07, 6.45) is 0. The van der Waals surface area contributed by atoms with E-state index in [1.165, 1.54) is 20.3 Å². The van der Waals surface area contributed by atoms with Crippen LogP contribution in [0.15, 0.2) is 24.3 Å². The highest BCUT2D eigenvalue weighted by Gasteiger charge is 2.20. The number of Topliss-reactive ketones (excluding diaryl/α,β-unsaturated/α-hetero) is 1. The molecule has 0 amide bonds. The van der Waals surface area contributed by atoms with Crippen LogP contribution in [0, 0.1) is 13.8 Å². The van der Waals surface area contributed by atoms with E-state index in [-0.39, 0.29) is 16.3 Å². The molecule has 0 fully saturated rings. The highest BCUT2D eigenvalue weighted by Crippen LogP contribution is 2.25. The van der Waals surface area contributed by atoms with Crippen molar-refractivity contribution in [3.8, 4) is 11.5 Å². The molecule has 2 rings (SSSR count). The van der Waals surface area contributed by atoms with Crippen LogP contribution in [0.2, 0.25) is 5.15 Å². The Morgan fingerprint density at radius 1 is 1.12 bits per heavy atom. The number of benzene rings is 1. The standard InChI is InChI=1S/C18H18ClNO5/c1-10-7-11(2)20-17(19)16(10)18(22)25-9-14(21)13-8-12(23-3)5-6-15(13)24-4/h5-8H,9H2,1-4H3. The molecule has 25 heavy (non-hydrogen) atoms. The van der Waals surface area contributed by atoms with Gasteiger partial charge in [-0.3, -0.25) is 4.79 Å². The van der Waals surface area contributed by atoms with Gasteiger partial charge in [0.05, 0.1) is 25.3 Å². The first-order chi connectivity index (χ1) is 11.9. The number of pyridine rings is 1. The number of ketones is 1. The van der Waals surface area contributed by atoms with Crippen molar-refractivity contribution in [2.75, 3.05) is 20.8 Å². The number of rotatable bonds is 6. The zero-order valence-electron chi connectivity index (χ0n) is 14.4. The maximum atomic E-state index is 12.4. The molecular weight excluding hydrogens is 346 g/mol. The van der Waals surface area contributed by atoms with Crippen LogP contribution in [0.5, 0.6) is 11.5 Å². The summed E-state index contributed by atoms with van der Waals surface area (Å²) < 4.78 is 15.4. The van der Waals surface area contributed by atoms with Crippen molar-refractivity contribution in [2.24, 2.45) is 0 Å². The van der Waals surface area contributed by atoms with Gasteiger partial charge in [0.15, 0.2) is 6.61 Å². The third kappa shape index (κ3) is 4.28. The zero-order valence-corrected chi connectivity index (χ0v) is 15.1. The molecule has 1 heterocycles. The van der Waals surface area contributed by atoms with Gasteiger partial charge in [-0.25, -0.2) is 9.78 Å². The molecule has 1 aromatic heterocycles. The molecule has 0 bridgehead atoms. The Hall–Kier alpha value is -2.60. The van der Waals surface area contributed by atoms with E-state index in [0.29, 0.717) is 22.8 Å². The Balaban J connectivity index is 2.16. The van der Waals surface area contributed by atoms with Gasteiger partial charge in [-0.05, 0) is 43.7 Å². The van der Waals surface area contributed by atoms with Gasteiger partial charge in [0, 0.05) is 5.69 Å². The summed E-state index contributed by atoms with van der Waals surface area (Å²) in [5.41, 5.74) is 1.74. The molecule has 0 spiro atoms. The number of halogens is 1. The highest BCUT2D eigenvalue weighted by molar-refractivity contribution is 6.32. The zero-order chi connectivity index (χ0) is 18.6. The second-order valence-corrected chi connectivity index (χ2v) is 5.67. The van der Waals surface area contributed by atoms with E-state index in [4.69, 9.17) is 25.8 Å². The molecule has 0 aliphatic carbocycles. The molecule has 0 saturated heterocycles. The Morgan fingerprint density at radius 3 is 2.44 bits per heavy atom. The van der Waals surface area contributed by atoms with Gasteiger partial charge in [-0.2, -0.15) is 0 Å². The lowest BCUT2D eigenvalue weighted by Crippen LogP contribution is -2.16. The SMILES string of the molecule is COc1ccc(OC)c(C(=O)COC(=O)c2c(C)cc(C)nc2Cl)c1. The smallest absolute Gasteiger partial charge is 0.342 e. The number of methoxy groups -OCH3 is 2. The van der Waals surface area contributed by atoms with Crippen molar-refractivity contribution >= 4 is 23.4 Å². The summed E-state index contributed by atoms with van der Waals surface area (Å²) in [4.78, 5) is 28.7. The molecule has 7 heteroatoms. The van der Waals surface area contributed by atoms with E-state index in [0.717, 1.165) is 0 Å². The van der Waals surface area contributed by atoms with Crippen molar-refractivity contribution in [2.45, 2.75) is 13.8 Å². The topological polar surface area (TPSA) is 74.7 Å². The molecule has 0 saturated carbocycles. The molecule has 0 aliphatic heterocycles. The number of aryl methyl sites for hydroxylation is 2. The normalized spacial score (nSPS) is 10.3. The first-order valence-electron chi connectivity index (χ1n) is 7.43. The molecule has 6 nitrogen and oxygen atoms in total. The first-order valence-corrected chi connectivity index (χ1v) is 7.81. The third-order valence-corrected chi connectivity index (χ3v) is 3.82. The second kappa shape index (κ2) is 7.98. The van der Waals surface area contributed by atoms with Gasteiger partial charge in [0.2, 0.25) is 5.78 Å². The van der Waals surface area contributed by atoms with E-state index < -0.39 is 18.4 Å². The Labute approximate surface area is 150 Å². The minimum absolute atomic E-state index is 0.0499. The lowest BCUT2D eigenvalue weighted by Gasteiger charge is -2.11. The van der Waals surface area contributed by atoms with Crippen molar-refractivity contribution in [1.29, 1.82) is 0 Å². The molecular formula is C18H18ClNO5. The van der Waals surface area contributed by atoms with Gasteiger partial charge in [0.1, 0.15) is 16.7 Å². The van der Waals surface area contributed by atoms with Crippen molar-refractivity contribution < 1.29 is 23.8 Å². The van der Waals surface area contributed by atoms with Crippen molar-refractivity contribution in [3.63, 3.8) is 0 Å². The van der Waals surface area contributed by atoms with Gasteiger partial charge in [0.25, 0.3) is 0 Å². The van der Waals surface area contributed by atoms with Gasteiger partial charge >= 0.3 is 5.97 Å². The fourth-order valence-corrected chi connectivity index (χ4v) is 2.71. The van der Waals surface area contributed by atoms with Crippen LogP contribution in [0.4, 0.5) is 0 Å². The molecule has 0 unspecified atom stereocenters. The maximum absolute atomic E-state index is 12.4. The fourth-order valence-electron chi connectivity index (χ4n) is 2.35. The number of ether oxygens (including phenoxy) is 3. The van der Waals surface area contributed by atoms with Crippen molar-refractivity contribution in [1.82, 2.24) is 4.98 Å². The van der Waals surface area contributed by atoms with Gasteiger partial charge < -0.3 is 14.2 Å².